The van der Waals surface area contributed by atoms with Gasteiger partial charge in [0.15, 0.2) is 6.29 Å². The molecular formula is C42H66O14. The summed E-state index contributed by atoms with van der Waals surface area (Å²) >= 11 is 0. The number of carboxylic acid groups (broad SMARTS) is 1. The molecule has 5 aliphatic carbocycles. The molecule has 2 heterocycles. The SMILES string of the molecule is CC1CCC2(C(=O)OC3OC(C)C(O)C(O)C3O)CCC3(C(=O)O)C(=CCC4C5(C)CCC(OC6OC(CO)C(O)C(O)C6O)C(C)(C)C5CCC43C)C2C1C. The van der Waals surface area contributed by atoms with Crippen molar-refractivity contribution in [2.45, 2.75) is 174 Å². The minimum atomic E-state index is -1.65. The molecule has 56 heavy (non-hydrogen) atoms. The molecule has 0 aromatic rings. The smallest absolute Gasteiger partial charge is 0.315 e. The van der Waals surface area contributed by atoms with E-state index in [0.29, 0.717) is 25.7 Å². The van der Waals surface area contributed by atoms with Crippen molar-refractivity contribution in [1.29, 1.82) is 0 Å². The summed E-state index contributed by atoms with van der Waals surface area (Å²) in [7, 11) is 0. The Kier molecular flexibility index (Phi) is 11.0. The highest BCUT2D eigenvalue weighted by molar-refractivity contribution is 5.85. The Morgan fingerprint density at radius 1 is 0.768 bits per heavy atom. The van der Waals surface area contributed by atoms with Gasteiger partial charge in [-0.05, 0) is 111 Å². The van der Waals surface area contributed by atoms with Crippen LogP contribution in [0.5, 0.6) is 0 Å². The minimum absolute atomic E-state index is 0.0166. The molecule has 0 aromatic carbocycles. The minimum Gasteiger partial charge on any atom is -0.481 e. The van der Waals surface area contributed by atoms with Gasteiger partial charge < -0.3 is 59.8 Å². The number of hydrogen-bond acceptors (Lipinski definition) is 13. The summed E-state index contributed by atoms with van der Waals surface area (Å²) in [4.78, 5) is 28.8. The largest absolute Gasteiger partial charge is 0.481 e. The number of aliphatic hydroxyl groups excluding tert-OH is 7. The lowest BCUT2D eigenvalue weighted by Gasteiger charge is -2.70. The normalized spacial score (nSPS) is 54.0. The Bertz CT molecular complexity index is 1550. The van der Waals surface area contributed by atoms with Crippen LogP contribution < -0.4 is 0 Å². The fraction of sp³-hybridized carbons (Fsp3) is 0.905. The van der Waals surface area contributed by atoms with E-state index in [1.165, 1.54) is 6.92 Å². The lowest BCUT2D eigenvalue weighted by Crippen LogP contribution is -2.68. The maximum absolute atomic E-state index is 14.6. The standard InChI is InChI=1S/C42H66O14/c1-19-10-15-41(37(52)56-34-32(48)30(46)28(44)21(3)53-34)16-17-42(36(50)51)22(27(41)20(19)2)8-9-25-39(6)13-12-26(38(4,5)24(39)11-14-40(25,42)7)55-35-33(49)31(47)29(45)23(18-43)54-35/h8,19-21,23-35,43-49H,9-18H2,1-7H3,(H,50,51). The fourth-order valence-corrected chi connectivity index (χ4v) is 13.9. The van der Waals surface area contributed by atoms with Crippen LogP contribution >= 0.6 is 0 Å². The van der Waals surface area contributed by atoms with Crippen molar-refractivity contribution < 1.29 is 69.4 Å². The van der Waals surface area contributed by atoms with Gasteiger partial charge in [-0.25, -0.2) is 0 Å². The van der Waals surface area contributed by atoms with E-state index in [4.69, 9.17) is 18.9 Å². The van der Waals surface area contributed by atoms with Crippen LogP contribution in [0.2, 0.25) is 0 Å². The number of esters is 1. The van der Waals surface area contributed by atoms with Gasteiger partial charge in [0.2, 0.25) is 6.29 Å². The topological polar surface area (TPSA) is 233 Å². The molecule has 0 spiro atoms. The zero-order chi connectivity index (χ0) is 41.1. The number of aliphatic hydroxyl groups is 7. The van der Waals surface area contributed by atoms with Crippen LogP contribution in [0.3, 0.4) is 0 Å². The first-order valence-corrected chi connectivity index (χ1v) is 20.9. The van der Waals surface area contributed by atoms with Crippen LogP contribution in [-0.4, -0.2) is 127 Å². The van der Waals surface area contributed by atoms with Crippen molar-refractivity contribution in [3.8, 4) is 0 Å². The second kappa shape index (κ2) is 14.5. The molecule has 14 nitrogen and oxygen atoms in total. The van der Waals surface area contributed by atoms with Crippen LogP contribution in [0.15, 0.2) is 11.6 Å². The zero-order valence-corrected chi connectivity index (χ0v) is 33.9. The molecule has 8 N–H and O–H groups in total. The molecule has 20 unspecified atom stereocenters. The summed E-state index contributed by atoms with van der Waals surface area (Å²) in [6, 6.07) is 0. The number of hydrogen-bond donors (Lipinski definition) is 8. The number of carbonyl (C=O) groups excluding carboxylic acids is 1. The van der Waals surface area contributed by atoms with Gasteiger partial charge >= 0.3 is 11.9 Å². The van der Waals surface area contributed by atoms with Crippen LogP contribution in [0.4, 0.5) is 0 Å². The van der Waals surface area contributed by atoms with Gasteiger partial charge in [0.05, 0.1) is 29.6 Å². The molecule has 2 saturated heterocycles. The molecule has 0 amide bonds. The van der Waals surface area contributed by atoms with Gasteiger partial charge in [0, 0.05) is 0 Å². The first-order chi connectivity index (χ1) is 26.1. The third-order valence-electron chi connectivity index (χ3n) is 17.3. The number of carboxylic acids is 1. The predicted molar refractivity (Wildman–Crippen MR) is 198 cm³/mol. The van der Waals surface area contributed by atoms with E-state index >= 15 is 0 Å². The summed E-state index contributed by atoms with van der Waals surface area (Å²) in [6.45, 7) is 14.0. The van der Waals surface area contributed by atoms with Gasteiger partial charge in [-0.15, -0.1) is 0 Å². The second-order valence-electron chi connectivity index (χ2n) is 20.0. The third-order valence-corrected chi connectivity index (χ3v) is 17.3. The van der Waals surface area contributed by atoms with Gasteiger partial charge in [0.1, 0.15) is 42.7 Å². The Morgan fingerprint density at radius 2 is 1.43 bits per heavy atom. The zero-order valence-electron chi connectivity index (χ0n) is 33.9. The first kappa shape index (κ1) is 42.4. The number of aliphatic carboxylic acids is 1. The lowest BCUT2D eigenvalue weighted by molar-refractivity contribution is -0.330. The molecule has 14 heteroatoms. The highest BCUT2D eigenvalue weighted by Crippen LogP contribution is 2.76. The first-order valence-electron chi connectivity index (χ1n) is 20.9. The lowest BCUT2D eigenvalue weighted by atomic mass is 9.33. The summed E-state index contributed by atoms with van der Waals surface area (Å²) in [6.07, 6.45) is -6.97. The highest BCUT2D eigenvalue weighted by atomic mass is 16.7. The Hall–Kier alpha value is -1.72. The summed E-state index contributed by atoms with van der Waals surface area (Å²) in [5, 5.41) is 84.5. The molecule has 4 saturated carbocycles. The van der Waals surface area contributed by atoms with Crippen LogP contribution in [0.1, 0.15) is 106 Å². The van der Waals surface area contributed by atoms with Gasteiger partial charge in [-0.1, -0.05) is 53.2 Å². The van der Waals surface area contributed by atoms with Crippen molar-refractivity contribution in [3.05, 3.63) is 11.6 Å². The average Bonchev–Trinajstić information content (AvgIpc) is 3.14. The van der Waals surface area contributed by atoms with Crippen molar-refractivity contribution in [2.24, 2.45) is 56.7 Å². The van der Waals surface area contributed by atoms with E-state index in [9.17, 15) is 50.4 Å². The van der Waals surface area contributed by atoms with Crippen LogP contribution in [0.25, 0.3) is 0 Å². The molecule has 20 atom stereocenters. The van der Waals surface area contributed by atoms with E-state index in [0.717, 1.165) is 24.8 Å². The summed E-state index contributed by atoms with van der Waals surface area (Å²) in [5.74, 6) is -1.63. The molecule has 0 bridgehead atoms. The summed E-state index contributed by atoms with van der Waals surface area (Å²) in [5.41, 5.74) is -2.92. The number of allylic oxidation sites excluding steroid dienone is 1. The van der Waals surface area contributed by atoms with Gasteiger partial charge in [-0.2, -0.15) is 0 Å². The van der Waals surface area contributed by atoms with E-state index in [-0.39, 0.29) is 48.0 Å². The number of rotatable bonds is 6. The van der Waals surface area contributed by atoms with Crippen molar-refractivity contribution >= 4 is 11.9 Å². The molecular weight excluding hydrogens is 728 g/mol. The second-order valence-corrected chi connectivity index (χ2v) is 20.0. The molecule has 7 rings (SSSR count). The quantitative estimate of drug-likeness (QED) is 0.110. The monoisotopic (exact) mass is 794 g/mol. The molecule has 0 radical (unpaired) electrons. The highest BCUT2D eigenvalue weighted by Gasteiger charge is 2.74. The third kappa shape index (κ3) is 5.85. The van der Waals surface area contributed by atoms with Crippen molar-refractivity contribution in [3.63, 3.8) is 0 Å². The number of ether oxygens (including phenoxy) is 4. The Balaban J connectivity index is 1.21. The molecule has 0 aromatic heterocycles. The predicted octanol–water partition coefficient (Wildman–Crippen LogP) is 2.26. The van der Waals surface area contributed by atoms with E-state index in [1.807, 2.05) is 0 Å². The van der Waals surface area contributed by atoms with Crippen molar-refractivity contribution in [1.82, 2.24) is 0 Å². The molecule has 2 aliphatic heterocycles. The molecule has 6 fully saturated rings. The Labute approximate surface area is 329 Å². The number of carbonyl (C=O) groups is 2. The molecule has 318 valence electrons. The van der Waals surface area contributed by atoms with E-state index in [2.05, 4.69) is 47.6 Å². The summed E-state index contributed by atoms with van der Waals surface area (Å²) < 4.78 is 23.9. The number of fused-ring (bicyclic) bond motifs is 7. The average molecular weight is 795 g/mol. The Morgan fingerprint density at radius 3 is 2.09 bits per heavy atom. The van der Waals surface area contributed by atoms with E-state index < -0.39 is 108 Å². The fourth-order valence-electron chi connectivity index (χ4n) is 13.9. The molecule has 7 aliphatic rings. The van der Waals surface area contributed by atoms with Crippen LogP contribution in [-0.2, 0) is 28.5 Å². The van der Waals surface area contributed by atoms with E-state index in [1.54, 1.807) is 0 Å². The van der Waals surface area contributed by atoms with Crippen LogP contribution in [0, 0.1) is 56.7 Å². The maximum atomic E-state index is 14.6. The van der Waals surface area contributed by atoms with Gasteiger partial charge in [-0.3, -0.25) is 9.59 Å². The maximum Gasteiger partial charge on any atom is 0.315 e. The van der Waals surface area contributed by atoms with Crippen molar-refractivity contribution in [2.75, 3.05) is 6.61 Å². The van der Waals surface area contributed by atoms with Gasteiger partial charge in [0.25, 0.3) is 0 Å².